The number of allylic oxidation sites excluding steroid dienone is 2. The number of esters is 2. The predicted molar refractivity (Wildman–Crippen MR) is 268 cm³/mol. The van der Waals surface area contributed by atoms with E-state index in [1.54, 1.807) is 30.3 Å². The molecule has 0 radical (unpaired) electrons. The molecule has 0 spiro atoms. The van der Waals surface area contributed by atoms with E-state index in [1.807, 2.05) is 12.2 Å². The van der Waals surface area contributed by atoms with Crippen LogP contribution in [0, 0.1) is 11.8 Å². The van der Waals surface area contributed by atoms with Crippen LogP contribution in [0.5, 0.6) is 0 Å². The Morgan fingerprint density at radius 1 is 0.901 bits per heavy atom. The zero-order valence-corrected chi connectivity index (χ0v) is 43.6. The summed E-state index contributed by atoms with van der Waals surface area (Å²) in [7, 11) is -5.27. The van der Waals surface area contributed by atoms with Gasteiger partial charge in [-0.1, -0.05) is 90.9 Å². The van der Waals surface area contributed by atoms with Crippen LogP contribution in [0.4, 0.5) is 0 Å². The van der Waals surface area contributed by atoms with E-state index in [1.165, 1.54) is 48.3 Å². The molecule has 21 heteroatoms. The number of carbonyl (C=O) groups excluding carboxylic acids is 6. The molecule has 0 aromatic heterocycles. The van der Waals surface area contributed by atoms with Crippen LogP contribution < -0.4 is 20.1 Å². The van der Waals surface area contributed by atoms with E-state index in [4.69, 9.17) is 9.47 Å². The van der Waals surface area contributed by atoms with Crippen LogP contribution in [0.3, 0.4) is 0 Å². The number of sulfonamides is 2. The van der Waals surface area contributed by atoms with Gasteiger partial charge in [0.1, 0.15) is 24.2 Å². The van der Waals surface area contributed by atoms with Gasteiger partial charge in [0.15, 0.2) is 0 Å². The maximum atomic E-state index is 13.8. The number of halogens is 1. The largest absolute Gasteiger partial charge is 0.467 e. The quantitative estimate of drug-likeness (QED) is 0.164. The lowest BCUT2D eigenvalue weighted by molar-refractivity contribution is -0.152. The second-order valence-electron chi connectivity index (χ2n) is 18.8. The van der Waals surface area contributed by atoms with Crippen molar-refractivity contribution in [2.24, 2.45) is 11.8 Å². The van der Waals surface area contributed by atoms with Crippen molar-refractivity contribution in [3.8, 4) is 0 Å². The SMILES string of the molecule is C=CCCC(=O)N[C@H](C(=O)N1C[C@H](NS(=O)(=O)c2cccc(Br)c2)C[C@H]1C(=O)OC)C1CCCCC1.COC(=O)C1C[C@@H]2CN1C(=O)C(C1CCCCC1)NC(=O)CCC=Cc1ccc(cc1)S(=O)(=O)N2. The summed E-state index contributed by atoms with van der Waals surface area (Å²) in [6.45, 7) is 3.66. The van der Waals surface area contributed by atoms with Gasteiger partial charge < -0.3 is 29.9 Å². The number of hydrogen-bond acceptors (Lipinski definition) is 12. The number of nitrogens with zero attached hydrogens (tertiary/aromatic N) is 2. The lowest BCUT2D eigenvalue weighted by atomic mass is 9.83. The van der Waals surface area contributed by atoms with E-state index in [0.717, 1.165) is 69.8 Å². The van der Waals surface area contributed by atoms with Gasteiger partial charge >= 0.3 is 11.9 Å². The smallest absolute Gasteiger partial charge is 0.328 e. The molecule has 6 aliphatic rings. The highest BCUT2D eigenvalue weighted by atomic mass is 79.9. The van der Waals surface area contributed by atoms with E-state index in [2.05, 4.69) is 42.6 Å². The lowest BCUT2D eigenvalue weighted by Crippen LogP contribution is -2.55. The second-order valence-corrected chi connectivity index (χ2v) is 23.2. The van der Waals surface area contributed by atoms with E-state index in [9.17, 15) is 45.6 Å². The molecule has 4 N–H and O–H groups in total. The molecule has 2 aliphatic carbocycles. The molecule has 4 fully saturated rings. The highest BCUT2D eigenvalue weighted by Gasteiger charge is 2.47. The van der Waals surface area contributed by atoms with Gasteiger partial charge in [-0.3, -0.25) is 19.2 Å². The molecule has 18 nitrogen and oxygen atoms in total. The molecule has 388 valence electrons. The number of ether oxygens (including phenoxy) is 2. The summed E-state index contributed by atoms with van der Waals surface area (Å²) in [5.41, 5.74) is 0.821. The van der Waals surface area contributed by atoms with Crippen LogP contribution in [-0.2, 0) is 58.3 Å². The number of methoxy groups -OCH3 is 2. The fourth-order valence-electron chi connectivity index (χ4n) is 10.2. The summed E-state index contributed by atoms with van der Waals surface area (Å²) in [5, 5.41) is 5.84. The molecule has 2 saturated carbocycles. The summed E-state index contributed by atoms with van der Waals surface area (Å²) < 4.78 is 67.8. The second kappa shape index (κ2) is 25.6. The third kappa shape index (κ3) is 14.8. The third-order valence-corrected chi connectivity index (χ3v) is 17.4. The van der Waals surface area contributed by atoms with Gasteiger partial charge in [0.25, 0.3) is 0 Å². The van der Waals surface area contributed by atoms with Crippen LogP contribution in [0.1, 0.15) is 108 Å². The van der Waals surface area contributed by atoms with Crippen LogP contribution in [-0.4, -0.2) is 126 Å². The van der Waals surface area contributed by atoms with Crippen molar-refractivity contribution in [1.29, 1.82) is 0 Å². The Labute approximate surface area is 425 Å². The van der Waals surface area contributed by atoms with Crippen molar-refractivity contribution < 1.29 is 55.1 Å². The fraction of sp³-hybridized carbons (Fsp3) is 0.560. The normalized spacial score (nSPS) is 24.7. The number of benzene rings is 2. The number of nitrogens with one attached hydrogen (secondary N) is 4. The van der Waals surface area contributed by atoms with E-state index in [0.29, 0.717) is 17.3 Å². The number of hydrogen-bond donors (Lipinski definition) is 4. The molecule has 8 rings (SSSR count). The number of carbonyl (C=O) groups is 6. The van der Waals surface area contributed by atoms with Crippen molar-refractivity contribution in [3.05, 3.63) is 77.3 Å². The first-order chi connectivity index (χ1) is 33.9. The molecule has 4 amide bonds. The minimum absolute atomic E-state index is 0.00240. The molecule has 2 saturated heterocycles. The minimum atomic E-state index is -3.89. The zero-order chi connectivity index (χ0) is 51.3. The van der Waals surface area contributed by atoms with Crippen LogP contribution in [0.25, 0.3) is 6.08 Å². The standard InChI is InChI=1S/C25H34BrN3O6S.C25H33N3O6S/c1-3-4-13-22(30)27-23(17-9-6-5-7-10-17)24(31)29-16-19(15-21(29)25(32)35-2)28-36(33,34)20-12-8-11-18(26)14-20;1-34-25(31)21-15-19-16-28(21)24(30)23(18-8-3-2-4-9-18)26-22(29)10-6-5-7-17-11-13-20(14-12-17)35(32,33)27-19/h3,8,11-12,14,17,19,21,23,28H,1,4-7,9-10,13,15-16H2,2H3,(H,27,30);5,7,11-14,18-19,21,23,27H,2-4,6,8-10,15-16H2,1H3,(H,26,29)/t19-,21+,23+;19-,21?,23?/m11/s1. The predicted octanol–water partition coefficient (Wildman–Crippen LogP) is 4.88. The lowest BCUT2D eigenvalue weighted by Gasteiger charge is -2.34. The Kier molecular flexibility index (Phi) is 20.0. The first kappa shape index (κ1) is 55.4. The molecule has 4 bridgehead atoms. The Morgan fingerprint density at radius 3 is 2.21 bits per heavy atom. The topological polar surface area (TPSA) is 244 Å². The molecule has 2 aromatic carbocycles. The molecule has 71 heavy (non-hydrogen) atoms. The Balaban J connectivity index is 0.000000232. The number of rotatable bonds is 12. The van der Waals surface area contributed by atoms with Crippen LogP contribution in [0.2, 0.25) is 0 Å². The molecule has 2 unspecified atom stereocenters. The maximum Gasteiger partial charge on any atom is 0.328 e. The summed E-state index contributed by atoms with van der Waals surface area (Å²) in [6, 6.07) is 7.95. The van der Waals surface area contributed by atoms with Gasteiger partial charge in [-0.25, -0.2) is 35.9 Å². The van der Waals surface area contributed by atoms with Gasteiger partial charge in [-0.15, -0.1) is 6.58 Å². The highest BCUT2D eigenvalue weighted by molar-refractivity contribution is 9.10. The monoisotopic (exact) mass is 1090 g/mol. The first-order valence-electron chi connectivity index (χ1n) is 24.5. The van der Waals surface area contributed by atoms with Gasteiger partial charge in [0, 0.05) is 42.5 Å². The van der Waals surface area contributed by atoms with Crippen molar-refractivity contribution >= 4 is 77.6 Å². The Morgan fingerprint density at radius 2 is 1.56 bits per heavy atom. The third-order valence-electron chi connectivity index (χ3n) is 13.9. The number of likely N-dealkylation sites (tertiary alicyclic amines) is 1. The van der Waals surface area contributed by atoms with Crippen molar-refractivity contribution in [3.63, 3.8) is 0 Å². The molecule has 2 aromatic rings. The Hall–Kier alpha value is -4.96. The highest BCUT2D eigenvalue weighted by Crippen LogP contribution is 2.32. The fourth-order valence-corrected chi connectivity index (χ4v) is 13.3. The number of fused-ring (bicyclic) bond motifs is 9. The average Bonchev–Trinajstić information content (AvgIpc) is 3.99. The molecule has 6 atom stereocenters. The Bertz CT molecular complexity index is 2500. The number of amides is 4. The molecular formula is C50H67BrN6O12S2. The zero-order valence-electron chi connectivity index (χ0n) is 40.4. The average molecular weight is 1090 g/mol. The molecule has 4 heterocycles. The summed E-state index contributed by atoms with van der Waals surface area (Å²) in [6.07, 6.45) is 16.2. The molecule has 4 aliphatic heterocycles. The van der Waals surface area contributed by atoms with Gasteiger partial charge in [0.05, 0.1) is 24.0 Å². The van der Waals surface area contributed by atoms with E-state index >= 15 is 0 Å². The van der Waals surface area contributed by atoms with Crippen molar-refractivity contribution in [2.75, 3.05) is 27.3 Å². The summed E-state index contributed by atoms with van der Waals surface area (Å²) >= 11 is 3.28. The summed E-state index contributed by atoms with van der Waals surface area (Å²) in [5.74, 6) is -2.49. The van der Waals surface area contributed by atoms with Gasteiger partial charge in [-0.2, -0.15) is 0 Å². The maximum absolute atomic E-state index is 13.8. The van der Waals surface area contributed by atoms with Crippen molar-refractivity contribution in [2.45, 2.75) is 149 Å². The van der Waals surface area contributed by atoms with Crippen LogP contribution >= 0.6 is 15.9 Å². The van der Waals surface area contributed by atoms with E-state index < -0.39 is 68.2 Å². The van der Waals surface area contributed by atoms with Crippen molar-refractivity contribution in [1.82, 2.24) is 29.9 Å². The van der Waals surface area contributed by atoms with E-state index in [-0.39, 0.29) is 84.0 Å². The molecular weight excluding hydrogens is 1020 g/mol. The first-order valence-corrected chi connectivity index (χ1v) is 28.2. The minimum Gasteiger partial charge on any atom is -0.467 e. The van der Waals surface area contributed by atoms with Gasteiger partial charge in [0.2, 0.25) is 43.7 Å². The van der Waals surface area contributed by atoms with Gasteiger partial charge in [-0.05, 0) is 99.1 Å². The van der Waals surface area contributed by atoms with Crippen LogP contribution in [0.15, 0.2) is 81.5 Å². The summed E-state index contributed by atoms with van der Waals surface area (Å²) in [4.78, 5) is 81.1.